The Hall–Kier alpha value is -1.01. The van der Waals surface area contributed by atoms with Crippen LogP contribution in [0.4, 0.5) is 0 Å². The molecule has 1 aromatic carbocycles. The lowest BCUT2D eigenvalue weighted by molar-refractivity contribution is -0.136. The molecule has 0 heterocycles. The maximum atomic E-state index is 11.5. The zero-order chi connectivity index (χ0) is 12.2. The van der Waals surface area contributed by atoms with E-state index in [4.69, 9.17) is 5.11 Å². The first-order valence-corrected chi connectivity index (χ1v) is 7.26. The summed E-state index contributed by atoms with van der Waals surface area (Å²) < 4.78 is 23.1. The molecule has 88 valence electrons. The standard InChI is InChI=1S/C10H12O4S2/c1-8(10(11)12)16(13,14)7-15-9-5-3-2-4-6-9/h2-6,8H,7H2,1H3,(H,11,12). The van der Waals surface area contributed by atoms with Crippen LogP contribution < -0.4 is 0 Å². The molecule has 0 fully saturated rings. The molecule has 0 radical (unpaired) electrons. The highest BCUT2D eigenvalue weighted by Crippen LogP contribution is 2.20. The van der Waals surface area contributed by atoms with E-state index in [0.29, 0.717) is 0 Å². The Morgan fingerprint density at radius 1 is 1.38 bits per heavy atom. The van der Waals surface area contributed by atoms with Crippen LogP contribution in [0.5, 0.6) is 0 Å². The van der Waals surface area contributed by atoms with Gasteiger partial charge in [0.15, 0.2) is 15.1 Å². The molecule has 1 atom stereocenters. The van der Waals surface area contributed by atoms with Crippen LogP contribution in [-0.2, 0) is 14.6 Å². The minimum atomic E-state index is -3.59. The van der Waals surface area contributed by atoms with Gasteiger partial charge in [-0.2, -0.15) is 0 Å². The van der Waals surface area contributed by atoms with Gasteiger partial charge < -0.3 is 5.11 Å². The molecule has 4 nitrogen and oxygen atoms in total. The minimum Gasteiger partial charge on any atom is -0.480 e. The summed E-state index contributed by atoms with van der Waals surface area (Å²) in [7, 11) is -3.59. The zero-order valence-electron chi connectivity index (χ0n) is 8.66. The summed E-state index contributed by atoms with van der Waals surface area (Å²) in [5.74, 6) is -1.31. The Morgan fingerprint density at radius 2 is 1.94 bits per heavy atom. The van der Waals surface area contributed by atoms with Gasteiger partial charge in [-0.05, 0) is 19.1 Å². The fourth-order valence-corrected chi connectivity index (χ4v) is 3.60. The number of benzene rings is 1. The van der Waals surface area contributed by atoms with E-state index in [-0.39, 0.29) is 5.08 Å². The number of carboxylic acids is 1. The average Bonchev–Trinajstić information content (AvgIpc) is 2.27. The molecule has 1 unspecified atom stereocenters. The molecule has 0 aromatic heterocycles. The molecule has 0 aliphatic rings. The number of carbonyl (C=O) groups is 1. The molecule has 0 amide bonds. The lowest BCUT2D eigenvalue weighted by atomic mass is 10.4. The van der Waals surface area contributed by atoms with E-state index in [2.05, 4.69) is 0 Å². The van der Waals surface area contributed by atoms with Crippen LogP contribution in [0.25, 0.3) is 0 Å². The number of carboxylic acid groups (broad SMARTS) is 1. The summed E-state index contributed by atoms with van der Waals surface area (Å²) in [4.78, 5) is 11.4. The van der Waals surface area contributed by atoms with Crippen LogP contribution in [0.3, 0.4) is 0 Å². The monoisotopic (exact) mass is 260 g/mol. The molecule has 16 heavy (non-hydrogen) atoms. The summed E-state index contributed by atoms with van der Waals surface area (Å²) in [6, 6.07) is 9.00. The van der Waals surface area contributed by atoms with Crippen LogP contribution in [0.2, 0.25) is 0 Å². The molecule has 0 aliphatic carbocycles. The zero-order valence-corrected chi connectivity index (χ0v) is 10.3. The van der Waals surface area contributed by atoms with Crippen LogP contribution in [0.15, 0.2) is 35.2 Å². The van der Waals surface area contributed by atoms with Crippen molar-refractivity contribution in [3.8, 4) is 0 Å². The third-order valence-electron chi connectivity index (χ3n) is 2.02. The largest absolute Gasteiger partial charge is 0.480 e. The van der Waals surface area contributed by atoms with Crippen molar-refractivity contribution >= 4 is 27.6 Å². The number of thioether (sulfide) groups is 1. The Kier molecular flexibility index (Phi) is 4.37. The van der Waals surface area contributed by atoms with Crippen molar-refractivity contribution in [1.29, 1.82) is 0 Å². The van der Waals surface area contributed by atoms with Crippen molar-refractivity contribution in [2.45, 2.75) is 17.1 Å². The van der Waals surface area contributed by atoms with Gasteiger partial charge in [-0.15, -0.1) is 11.8 Å². The van der Waals surface area contributed by atoms with Crippen molar-refractivity contribution in [2.75, 3.05) is 5.08 Å². The quantitative estimate of drug-likeness (QED) is 0.815. The van der Waals surface area contributed by atoms with E-state index in [1.54, 1.807) is 24.3 Å². The Balaban J connectivity index is 2.65. The number of aliphatic carboxylic acids is 1. The highest BCUT2D eigenvalue weighted by Gasteiger charge is 2.27. The van der Waals surface area contributed by atoms with E-state index < -0.39 is 21.1 Å². The molecule has 0 aliphatic heterocycles. The Morgan fingerprint density at radius 3 is 2.44 bits per heavy atom. The molecule has 0 saturated heterocycles. The second-order valence-corrected chi connectivity index (χ2v) is 6.95. The molecular weight excluding hydrogens is 248 g/mol. The molecule has 1 N–H and O–H groups in total. The fourth-order valence-electron chi connectivity index (χ4n) is 0.923. The lowest BCUT2D eigenvalue weighted by Crippen LogP contribution is -2.28. The van der Waals surface area contributed by atoms with E-state index in [1.165, 1.54) is 6.92 Å². The van der Waals surface area contributed by atoms with E-state index in [1.807, 2.05) is 6.07 Å². The van der Waals surface area contributed by atoms with Crippen LogP contribution >= 0.6 is 11.8 Å². The third-order valence-corrected chi connectivity index (χ3v) is 5.69. The summed E-state index contributed by atoms with van der Waals surface area (Å²) in [5, 5.41) is 7.05. The first-order chi connectivity index (χ1) is 7.43. The predicted molar refractivity (Wildman–Crippen MR) is 63.2 cm³/mol. The Bertz CT molecular complexity index is 453. The van der Waals surface area contributed by atoms with Crippen molar-refractivity contribution in [3.63, 3.8) is 0 Å². The number of hydrogen-bond acceptors (Lipinski definition) is 4. The molecule has 1 rings (SSSR count). The highest BCUT2D eigenvalue weighted by molar-refractivity contribution is 8.12. The second-order valence-electron chi connectivity index (χ2n) is 3.22. The van der Waals surface area contributed by atoms with Gasteiger partial charge in [-0.1, -0.05) is 18.2 Å². The number of hydrogen-bond donors (Lipinski definition) is 1. The van der Waals surface area contributed by atoms with Gasteiger partial charge >= 0.3 is 5.97 Å². The molecule has 0 bridgehead atoms. The van der Waals surface area contributed by atoms with Gasteiger partial charge in [0.2, 0.25) is 0 Å². The average molecular weight is 260 g/mol. The SMILES string of the molecule is CC(C(=O)O)S(=O)(=O)CSc1ccccc1. The maximum absolute atomic E-state index is 11.5. The van der Waals surface area contributed by atoms with Crippen LogP contribution in [0, 0.1) is 0 Å². The normalized spacial score (nSPS) is 13.3. The van der Waals surface area contributed by atoms with Gasteiger partial charge in [0, 0.05) is 4.90 Å². The molecule has 6 heteroatoms. The van der Waals surface area contributed by atoms with Crippen molar-refractivity contribution in [3.05, 3.63) is 30.3 Å². The van der Waals surface area contributed by atoms with Gasteiger partial charge in [0.1, 0.15) is 5.08 Å². The van der Waals surface area contributed by atoms with Gasteiger partial charge in [-0.3, -0.25) is 4.79 Å². The van der Waals surface area contributed by atoms with Crippen molar-refractivity contribution in [1.82, 2.24) is 0 Å². The van der Waals surface area contributed by atoms with E-state index in [0.717, 1.165) is 16.7 Å². The highest BCUT2D eigenvalue weighted by atomic mass is 32.3. The van der Waals surface area contributed by atoms with E-state index in [9.17, 15) is 13.2 Å². The van der Waals surface area contributed by atoms with Gasteiger partial charge in [0.25, 0.3) is 0 Å². The van der Waals surface area contributed by atoms with Crippen molar-refractivity contribution in [2.24, 2.45) is 0 Å². The van der Waals surface area contributed by atoms with Gasteiger partial charge in [0.05, 0.1) is 0 Å². The van der Waals surface area contributed by atoms with Gasteiger partial charge in [-0.25, -0.2) is 8.42 Å². The molecular formula is C10H12O4S2. The summed E-state index contributed by atoms with van der Waals surface area (Å²) in [5.41, 5.74) is 0. The second kappa shape index (κ2) is 5.36. The maximum Gasteiger partial charge on any atom is 0.321 e. The molecule has 0 spiro atoms. The lowest BCUT2D eigenvalue weighted by Gasteiger charge is -2.07. The summed E-state index contributed by atoms with van der Waals surface area (Å²) in [6.45, 7) is 1.18. The summed E-state index contributed by atoms with van der Waals surface area (Å²) in [6.07, 6.45) is 0. The first-order valence-electron chi connectivity index (χ1n) is 4.55. The van der Waals surface area contributed by atoms with E-state index >= 15 is 0 Å². The smallest absolute Gasteiger partial charge is 0.321 e. The first kappa shape index (κ1) is 13.1. The summed E-state index contributed by atoms with van der Waals surface area (Å²) >= 11 is 1.12. The van der Waals surface area contributed by atoms with Crippen LogP contribution in [0.1, 0.15) is 6.92 Å². The number of sulfone groups is 1. The van der Waals surface area contributed by atoms with Crippen molar-refractivity contribution < 1.29 is 18.3 Å². The fraction of sp³-hybridized carbons (Fsp3) is 0.300. The Labute approximate surface area is 98.6 Å². The number of rotatable bonds is 5. The predicted octanol–water partition coefficient (Wildman–Crippen LogP) is 1.62. The van der Waals surface area contributed by atoms with Crippen LogP contribution in [-0.4, -0.2) is 29.8 Å². The minimum absolute atomic E-state index is 0.218. The third kappa shape index (κ3) is 3.53. The molecule has 1 aromatic rings. The molecule has 0 saturated carbocycles. The topological polar surface area (TPSA) is 71.4 Å².